The summed E-state index contributed by atoms with van der Waals surface area (Å²) in [6.07, 6.45) is 9.97. The maximum atomic E-state index is 12.8. The van der Waals surface area contributed by atoms with E-state index in [9.17, 15) is 13.2 Å². The predicted molar refractivity (Wildman–Crippen MR) is 112 cm³/mol. The van der Waals surface area contributed by atoms with E-state index in [1.54, 1.807) is 0 Å². The second kappa shape index (κ2) is 8.56. The van der Waals surface area contributed by atoms with E-state index < -0.39 is 9.84 Å². The van der Waals surface area contributed by atoms with Crippen LogP contribution in [0, 0.1) is 17.8 Å². The number of sulfone groups is 1. The Kier molecular flexibility index (Phi) is 6.10. The molecule has 4 rings (SSSR count). The quantitative estimate of drug-likeness (QED) is 0.662. The van der Waals surface area contributed by atoms with E-state index in [0.717, 1.165) is 55.5 Å². The van der Waals surface area contributed by atoms with E-state index in [0.29, 0.717) is 6.42 Å². The molecule has 1 saturated heterocycles. The van der Waals surface area contributed by atoms with Gasteiger partial charge in [0, 0.05) is 12.6 Å². The highest BCUT2D eigenvalue weighted by Crippen LogP contribution is 2.50. The molecule has 0 radical (unpaired) electrons. The van der Waals surface area contributed by atoms with Crippen molar-refractivity contribution in [3.63, 3.8) is 0 Å². The summed E-state index contributed by atoms with van der Waals surface area (Å²) >= 11 is 0. The number of rotatable bonds is 8. The molecule has 2 aliphatic carbocycles. The maximum Gasteiger partial charge on any atom is 0.238 e. The van der Waals surface area contributed by atoms with Crippen LogP contribution in [0.1, 0.15) is 56.9 Å². The largest absolute Gasteiger partial charge is 0.339 e. The lowest BCUT2D eigenvalue weighted by molar-refractivity contribution is -0.129. The summed E-state index contributed by atoms with van der Waals surface area (Å²) in [5.74, 6) is 2.17. The van der Waals surface area contributed by atoms with Gasteiger partial charge >= 0.3 is 0 Å². The Morgan fingerprint density at radius 1 is 1.07 bits per heavy atom. The highest BCUT2D eigenvalue weighted by Gasteiger charge is 2.42. The molecule has 2 saturated carbocycles. The number of aryl methyl sites for hydroxylation is 1. The topological polar surface area (TPSA) is 54.5 Å². The minimum absolute atomic E-state index is 0.0958. The first-order chi connectivity index (χ1) is 13.5. The van der Waals surface area contributed by atoms with Gasteiger partial charge in [0.25, 0.3) is 0 Å². The van der Waals surface area contributed by atoms with E-state index in [4.69, 9.17) is 0 Å². The van der Waals surface area contributed by atoms with Crippen molar-refractivity contribution in [2.75, 3.05) is 18.1 Å². The zero-order valence-corrected chi connectivity index (χ0v) is 17.6. The van der Waals surface area contributed by atoms with E-state index in [-0.39, 0.29) is 23.5 Å². The van der Waals surface area contributed by atoms with Gasteiger partial charge in [0.15, 0.2) is 9.84 Å². The molecule has 1 aromatic carbocycles. The van der Waals surface area contributed by atoms with E-state index >= 15 is 0 Å². The highest BCUT2D eigenvalue weighted by atomic mass is 32.2. The Bertz CT molecular complexity index is 776. The molecule has 1 aliphatic heterocycles. The van der Waals surface area contributed by atoms with Crippen molar-refractivity contribution in [3.8, 4) is 0 Å². The normalized spacial score (nSPS) is 29.5. The maximum absolute atomic E-state index is 12.8. The van der Waals surface area contributed by atoms with Gasteiger partial charge in [0.2, 0.25) is 5.91 Å². The number of nitrogens with zero attached hydrogens (tertiary/aromatic N) is 1. The summed E-state index contributed by atoms with van der Waals surface area (Å²) in [6, 6.07) is 10.2. The van der Waals surface area contributed by atoms with Crippen LogP contribution < -0.4 is 0 Å². The average molecular weight is 404 g/mol. The molecule has 0 spiro atoms. The van der Waals surface area contributed by atoms with Gasteiger partial charge in [-0.1, -0.05) is 36.8 Å². The molecule has 4 nitrogen and oxygen atoms in total. The minimum atomic E-state index is -3.34. The Balaban J connectivity index is 1.26. The van der Waals surface area contributed by atoms with Crippen LogP contribution in [-0.2, 0) is 21.1 Å². The standard InChI is InChI=1S/C23H33NO3S/c25-23(17-28(26,27)13-5-8-18-6-2-1-3-7-18)24-12-4-9-22(24)16-21-15-19-10-11-20(21)14-19/h1-3,6-7,19-22H,4-5,8-17H2. The summed E-state index contributed by atoms with van der Waals surface area (Å²) in [6.45, 7) is 0.740. The number of carbonyl (C=O) groups is 1. The fraction of sp³-hybridized carbons (Fsp3) is 0.696. The molecule has 4 unspecified atom stereocenters. The van der Waals surface area contributed by atoms with Crippen molar-refractivity contribution in [1.82, 2.24) is 4.90 Å². The zero-order chi connectivity index (χ0) is 19.6. The smallest absolute Gasteiger partial charge is 0.238 e. The van der Waals surface area contributed by atoms with Crippen molar-refractivity contribution in [3.05, 3.63) is 35.9 Å². The molecule has 3 fully saturated rings. The lowest BCUT2D eigenvalue weighted by atomic mass is 9.84. The predicted octanol–water partition coefficient (Wildman–Crippen LogP) is 3.85. The lowest BCUT2D eigenvalue weighted by Crippen LogP contribution is -2.40. The molecule has 1 heterocycles. The molecule has 3 aliphatic rings. The number of fused-ring (bicyclic) bond motifs is 2. The van der Waals surface area contributed by atoms with Crippen LogP contribution >= 0.6 is 0 Å². The molecule has 0 aromatic heterocycles. The van der Waals surface area contributed by atoms with E-state index in [1.807, 2.05) is 35.2 Å². The first-order valence-corrected chi connectivity index (χ1v) is 12.9. The summed E-state index contributed by atoms with van der Waals surface area (Å²) in [5, 5.41) is 0. The van der Waals surface area contributed by atoms with Crippen LogP contribution in [0.3, 0.4) is 0 Å². The molecule has 1 aromatic rings. The second-order valence-corrected chi connectivity index (χ2v) is 11.4. The Hall–Kier alpha value is -1.36. The Labute approximate surface area is 169 Å². The van der Waals surface area contributed by atoms with Crippen LogP contribution in [0.25, 0.3) is 0 Å². The van der Waals surface area contributed by atoms with Crippen molar-refractivity contribution >= 4 is 15.7 Å². The van der Waals surface area contributed by atoms with Crippen molar-refractivity contribution in [2.45, 2.75) is 63.8 Å². The molecule has 0 N–H and O–H groups in total. The molecule has 1 amide bonds. The Morgan fingerprint density at radius 3 is 2.61 bits per heavy atom. The van der Waals surface area contributed by atoms with Crippen molar-refractivity contribution in [2.24, 2.45) is 17.8 Å². The van der Waals surface area contributed by atoms with Crippen molar-refractivity contribution in [1.29, 1.82) is 0 Å². The number of hydrogen-bond donors (Lipinski definition) is 0. The average Bonchev–Trinajstić information content (AvgIpc) is 3.39. The number of amides is 1. The summed E-state index contributed by atoms with van der Waals surface area (Å²) in [7, 11) is -3.34. The van der Waals surface area contributed by atoms with E-state index in [2.05, 4.69) is 0 Å². The third kappa shape index (κ3) is 4.79. The van der Waals surface area contributed by atoms with Gasteiger partial charge < -0.3 is 4.90 Å². The molecular weight excluding hydrogens is 370 g/mol. The monoisotopic (exact) mass is 403 g/mol. The van der Waals surface area contributed by atoms with Gasteiger partial charge in [-0.2, -0.15) is 0 Å². The third-order valence-electron chi connectivity index (χ3n) is 7.26. The summed E-state index contributed by atoms with van der Waals surface area (Å²) in [5.41, 5.74) is 1.15. The molecule has 4 atom stereocenters. The summed E-state index contributed by atoms with van der Waals surface area (Å²) in [4.78, 5) is 14.7. The van der Waals surface area contributed by atoms with Gasteiger partial charge in [-0.3, -0.25) is 4.79 Å². The first-order valence-electron chi connectivity index (χ1n) is 11.0. The van der Waals surface area contributed by atoms with Crippen molar-refractivity contribution < 1.29 is 13.2 Å². The number of carbonyl (C=O) groups excluding carboxylic acids is 1. The zero-order valence-electron chi connectivity index (χ0n) is 16.8. The highest BCUT2D eigenvalue weighted by molar-refractivity contribution is 7.92. The van der Waals surface area contributed by atoms with Gasteiger partial charge in [-0.15, -0.1) is 0 Å². The van der Waals surface area contributed by atoms with Crippen LogP contribution in [0.4, 0.5) is 0 Å². The molecule has 154 valence electrons. The number of hydrogen-bond acceptors (Lipinski definition) is 3. The SMILES string of the molecule is O=C(CS(=O)(=O)CCCc1ccccc1)N1CCCC1CC1CC2CCC1C2. The molecule has 5 heteroatoms. The molecular formula is C23H33NO3S. The summed E-state index contributed by atoms with van der Waals surface area (Å²) < 4.78 is 25.0. The van der Waals surface area contributed by atoms with Gasteiger partial charge in [-0.05, 0) is 74.7 Å². The van der Waals surface area contributed by atoms with Crippen LogP contribution in [0.2, 0.25) is 0 Å². The first kappa shape index (κ1) is 19.9. The van der Waals surface area contributed by atoms with Crippen LogP contribution in [0.5, 0.6) is 0 Å². The number of likely N-dealkylation sites (tertiary alicyclic amines) is 1. The minimum Gasteiger partial charge on any atom is -0.339 e. The number of benzene rings is 1. The fourth-order valence-electron chi connectivity index (χ4n) is 5.91. The fourth-order valence-corrected chi connectivity index (χ4v) is 7.18. The molecule has 2 bridgehead atoms. The van der Waals surface area contributed by atoms with Gasteiger partial charge in [0.05, 0.1) is 5.75 Å². The van der Waals surface area contributed by atoms with Crippen LogP contribution in [-0.4, -0.2) is 43.3 Å². The Morgan fingerprint density at radius 2 is 1.89 bits per heavy atom. The van der Waals surface area contributed by atoms with E-state index in [1.165, 1.54) is 25.7 Å². The third-order valence-corrected chi connectivity index (χ3v) is 8.86. The van der Waals surface area contributed by atoms with Crippen LogP contribution in [0.15, 0.2) is 30.3 Å². The van der Waals surface area contributed by atoms with Gasteiger partial charge in [-0.25, -0.2) is 8.42 Å². The molecule has 28 heavy (non-hydrogen) atoms. The second-order valence-electron chi connectivity index (χ2n) is 9.24. The van der Waals surface area contributed by atoms with Gasteiger partial charge in [0.1, 0.15) is 5.75 Å². The lowest BCUT2D eigenvalue weighted by Gasteiger charge is -2.30.